The van der Waals surface area contributed by atoms with E-state index in [1.165, 1.54) is 0 Å². The molecule has 23 heavy (non-hydrogen) atoms. The van der Waals surface area contributed by atoms with E-state index >= 15 is 0 Å². The average molecular weight is 300 g/mol. The topological polar surface area (TPSA) is 56.8 Å². The number of benzene rings is 2. The van der Waals surface area contributed by atoms with Gasteiger partial charge in [0.2, 0.25) is 0 Å². The predicted molar refractivity (Wildman–Crippen MR) is 91.2 cm³/mol. The van der Waals surface area contributed by atoms with Gasteiger partial charge in [0.05, 0.1) is 36.5 Å². The Balaban J connectivity index is 1.70. The molecule has 2 aromatic rings. The summed E-state index contributed by atoms with van der Waals surface area (Å²) < 4.78 is 5.49. The van der Waals surface area contributed by atoms with Crippen molar-refractivity contribution in [1.82, 2.24) is 0 Å². The van der Waals surface area contributed by atoms with Gasteiger partial charge in [0.25, 0.3) is 0 Å². The maximum Gasteiger partial charge on any atom is 0.0991 e. The Labute approximate surface area is 136 Å². The van der Waals surface area contributed by atoms with Crippen LogP contribution in [-0.4, -0.2) is 13.2 Å². The molecule has 0 aliphatic rings. The largest absolute Gasteiger partial charge is 0.373 e. The summed E-state index contributed by atoms with van der Waals surface area (Å²) in [5, 5.41) is 17.4. The van der Waals surface area contributed by atoms with E-state index in [0.717, 1.165) is 11.1 Å². The molecule has 0 saturated heterocycles. The average Bonchev–Trinajstić information content (AvgIpc) is 2.62. The van der Waals surface area contributed by atoms with Crippen LogP contribution in [0.3, 0.4) is 0 Å². The van der Waals surface area contributed by atoms with Gasteiger partial charge in [0, 0.05) is 0 Å². The summed E-state index contributed by atoms with van der Waals surface area (Å²) in [6.07, 6.45) is 7.81. The molecule has 0 saturated carbocycles. The third-order valence-electron chi connectivity index (χ3n) is 3.13. The second kappa shape index (κ2) is 9.00. The number of ether oxygens (including phenoxy) is 1. The summed E-state index contributed by atoms with van der Waals surface area (Å²) in [5.74, 6) is 0. The van der Waals surface area contributed by atoms with Crippen LogP contribution in [0.25, 0.3) is 12.2 Å². The van der Waals surface area contributed by atoms with Crippen molar-refractivity contribution in [3.05, 3.63) is 82.9 Å². The van der Waals surface area contributed by atoms with Gasteiger partial charge < -0.3 is 4.74 Å². The fraction of sp³-hybridized carbons (Fsp3) is 0.100. The van der Waals surface area contributed by atoms with Crippen LogP contribution < -0.4 is 0 Å². The van der Waals surface area contributed by atoms with Crippen molar-refractivity contribution in [2.45, 2.75) is 0 Å². The molecule has 0 aliphatic carbocycles. The molecule has 0 spiro atoms. The summed E-state index contributed by atoms with van der Waals surface area (Å²) in [6.45, 7) is 1.05. The molecule has 0 radical (unpaired) electrons. The van der Waals surface area contributed by atoms with Gasteiger partial charge in [0.1, 0.15) is 0 Å². The van der Waals surface area contributed by atoms with Crippen molar-refractivity contribution < 1.29 is 4.74 Å². The van der Waals surface area contributed by atoms with E-state index in [2.05, 4.69) is 12.1 Å². The zero-order valence-electron chi connectivity index (χ0n) is 12.6. The van der Waals surface area contributed by atoms with E-state index in [1.54, 1.807) is 24.3 Å². The molecule has 0 heterocycles. The summed E-state index contributed by atoms with van der Waals surface area (Å²) in [4.78, 5) is 0. The molecule has 0 amide bonds. The van der Waals surface area contributed by atoms with Crippen LogP contribution >= 0.6 is 0 Å². The normalized spacial score (nSPS) is 10.7. The molecular weight excluding hydrogens is 284 g/mol. The van der Waals surface area contributed by atoms with Gasteiger partial charge in [-0.05, 0) is 35.4 Å². The number of hydrogen-bond donors (Lipinski definition) is 0. The Hall–Kier alpha value is -3.14. The Bertz CT molecular complexity index is 690. The zero-order valence-corrected chi connectivity index (χ0v) is 12.6. The van der Waals surface area contributed by atoms with Crippen LogP contribution in [0, 0.1) is 22.7 Å². The van der Waals surface area contributed by atoms with E-state index < -0.39 is 0 Å². The number of hydrogen-bond acceptors (Lipinski definition) is 3. The Morgan fingerprint density at radius 3 is 1.43 bits per heavy atom. The van der Waals surface area contributed by atoms with E-state index in [-0.39, 0.29) is 0 Å². The molecule has 0 aromatic heterocycles. The predicted octanol–water partition coefficient (Wildman–Crippen LogP) is 4.17. The van der Waals surface area contributed by atoms with Crippen molar-refractivity contribution in [2.75, 3.05) is 13.2 Å². The van der Waals surface area contributed by atoms with Crippen molar-refractivity contribution in [3.8, 4) is 12.1 Å². The maximum absolute atomic E-state index is 8.72. The minimum Gasteiger partial charge on any atom is -0.373 e. The standard InChI is InChI=1S/C20H16N2O/c21-15-19-9-5-17(6-10-19)3-1-13-23-14-2-4-18-7-11-20(16-22)12-8-18/h1-12H,13-14H2. The van der Waals surface area contributed by atoms with Gasteiger partial charge in [-0.3, -0.25) is 0 Å². The van der Waals surface area contributed by atoms with Crippen molar-refractivity contribution in [2.24, 2.45) is 0 Å². The quantitative estimate of drug-likeness (QED) is 0.752. The van der Waals surface area contributed by atoms with E-state index in [9.17, 15) is 0 Å². The van der Waals surface area contributed by atoms with Crippen LogP contribution in [0.1, 0.15) is 22.3 Å². The fourth-order valence-corrected chi connectivity index (χ4v) is 1.91. The maximum atomic E-state index is 8.72. The monoisotopic (exact) mass is 300 g/mol. The molecule has 3 nitrogen and oxygen atoms in total. The number of nitriles is 2. The molecule has 0 unspecified atom stereocenters. The van der Waals surface area contributed by atoms with Crippen molar-refractivity contribution in [3.63, 3.8) is 0 Å². The van der Waals surface area contributed by atoms with Gasteiger partial charge in [-0.25, -0.2) is 0 Å². The molecule has 2 rings (SSSR count). The van der Waals surface area contributed by atoms with Gasteiger partial charge in [-0.1, -0.05) is 48.6 Å². The Kier molecular flexibility index (Phi) is 6.35. The van der Waals surface area contributed by atoms with Crippen LogP contribution in [0.2, 0.25) is 0 Å². The summed E-state index contributed by atoms with van der Waals surface area (Å²) >= 11 is 0. The second-order valence-electron chi connectivity index (χ2n) is 4.81. The van der Waals surface area contributed by atoms with E-state index in [4.69, 9.17) is 15.3 Å². The lowest BCUT2D eigenvalue weighted by molar-refractivity contribution is 0.195. The third-order valence-corrected chi connectivity index (χ3v) is 3.13. The molecule has 2 aromatic carbocycles. The van der Waals surface area contributed by atoms with Crippen molar-refractivity contribution >= 4 is 12.2 Å². The first-order chi connectivity index (χ1) is 11.3. The van der Waals surface area contributed by atoms with Gasteiger partial charge in [-0.2, -0.15) is 10.5 Å². The SMILES string of the molecule is N#Cc1ccc(C=CCOCC=Cc2ccc(C#N)cc2)cc1. The fourth-order valence-electron chi connectivity index (χ4n) is 1.91. The van der Waals surface area contributed by atoms with Crippen LogP contribution in [0.15, 0.2) is 60.7 Å². The first kappa shape index (κ1) is 16.2. The van der Waals surface area contributed by atoms with Crippen LogP contribution in [0.5, 0.6) is 0 Å². The van der Waals surface area contributed by atoms with Gasteiger partial charge >= 0.3 is 0 Å². The summed E-state index contributed by atoms with van der Waals surface area (Å²) in [6, 6.07) is 19.0. The minimum atomic E-state index is 0.526. The Morgan fingerprint density at radius 1 is 0.696 bits per heavy atom. The second-order valence-corrected chi connectivity index (χ2v) is 4.81. The molecule has 0 aliphatic heterocycles. The van der Waals surface area contributed by atoms with Crippen LogP contribution in [0.4, 0.5) is 0 Å². The number of nitrogens with zero attached hydrogens (tertiary/aromatic N) is 2. The lowest BCUT2D eigenvalue weighted by Gasteiger charge is -1.97. The van der Waals surface area contributed by atoms with Crippen molar-refractivity contribution in [1.29, 1.82) is 10.5 Å². The molecule has 0 bridgehead atoms. The van der Waals surface area contributed by atoms with Crippen LogP contribution in [-0.2, 0) is 4.74 Å². The first-order valence-electron chi connectivity index (χ1n) is 7.23. The molecule has 0 atom stereocenters. The van der Waals surface area contributed by atoms with E-state index in [1.807, 2.05) is 48.6 Å². The molecule has 112 valence electrons. The minimum absolute atomic E-state index is 0.526. The smallest absolute Gasteiger partial charge is 0.0991 e. The van der Waals surface area contributed by atoms with Gasteiger partial charge in [0.15, 0.2) is 0 Å². The lowest BCUT2D eigenvalue weighted by Crippen LogP contribution is -1.90. The molecular formula is C20H16N2O. The first-order valence-corrected chi connectivity index (χ1v) is 7.23. The molecule has 0 fully saturated rings. The highest BCUT2D eigenvalue weighted by molar-refractivity contribution is 5.51. The van der Waals surface area contributed by atoms with Gasteiger partial charge in [-0.15, -0.1) is 0 Å². The summed E-state index contributed by atoms with van der Waals surface area (Å²) in [5.41, 5.74) is 3.40. The highest BCUT2D eigenvalue weighted by Gasteiger charge is 1.90. The third kappa shape index (κ3) is 5.63. The number of rotatable bonds is 6. The Morgan fingerprint density at radius 2 is 1.09 bits per heavy atom. The highest BCUT2D eigenvalue weighted by Crippen LogP contribution is 2.06. The molecule has 3 heteroatoms. The lowest BCUT2D eigenvalue weighted by atomic mass is 10.1. The zero-order chi connectivity index (χ0) is 16.3. The summed E-state index contributed by atoms with van der Waals surface area (Å²) in [7, 11) is 0. The van der Waals surface area contributed by atoms with E-state index in [0.29, 0.717) is 24.3 Å². The molecule has 0 N–H and O–H groups in total. The highest BCUT2D eigenvalue weighted by atomic mass is 16.5.